The van der Waals surface area contributed by atoms with Crippen LogP contribution in [0.4, 0.5) is 5.69 Å². The second kappa shape index (κ2) is 5.12. The number of rotatable bonds is 3. The fourth-order valence-electron chi connectivity index (χ4n) is 3.37. The van der Waals surface area contributed by atoms with Crippen LogP contribution in [-0.2, 0) is 4.79 Å². The van der Waals surface area contributed by atoms with Gasteiger partial charge in [0.2, 0.25) is 5.91 Å². The molecule has 1 atom stereocenters. The van der Waals surface area contributed by atoms with E-state index >= 15 is 0 Å². The lowest BCUT2D eigenvalue weighted by Gasteiger charge is -2.17. The number of carbonyl (C=O) groups excluding carboxylic acids is 1. The predicted molar refractivity (Wildman–Crippen MR) is 90.5 cm³/mol. The van der Waals surface area contributed by atoms with Crippen molar-refractivity contribution in [3.05, 3.63) is 59.4 Å². The molecule has 0 fully saturated rings. The largest absolute Gasteiger partial charge is 0.368 e. The highest BCUT2D eigenvalue weighted by Crippen LogP contribution is 2.39. The van der Waals surface area contributed by atoms with Crippen molar-refractivity contribution < 1.29 is 4.79 Å². The number of aromatic amines is 1. The third kappa shape index (κ3) is 2.34. The first-order chi connectivity index (χ1) is 11.1. The van der Waals surface area contributed by atoms with Gasteiger partial charge in [0.25, 0.3) is 0 Å². The van der Waals surface area contributed by atoms with E-state index in [0.717, 1.165) is 22.5 Å². The van der Waals surface area contributed by atoms with Crippen LogP contribution in [0.25, 0.3) is 11.0 Å². The molecule has 0 radical (unpaired) electrons. The number of H-pyrrole nitrogens is 1. The Morgan fingerprint density at radius 1 is 1.35 bits per heavy atom. The zero-order valence-electron chi connectivity index (χ0n) is 12.9. The van der Waals surface area contributed by atoms with E-state index in [1.807, 2.05) is 29.2 Å². The first-order valence-electron chi connectivity index (χ1n) is 7.70. The molecular weight excluding hydrogens is 288 g/mol. The highest BCUT2D eigenvalue weighted by molar-refractivity contribution is 5.81. The molecule has 0 aliphatic carbocycles. The molecule has 1 aliphatic rings. The molecule has 0 bridgehead atoms. The normalized spacial score (nSPS) is 16.7. The summed E-state index contributed by atoms with van der Waals surface area (Å²) in [4.78, 5) is 21.6. The Bertz CT molecular complexity index is 899. The van der Waals surface area contributed by atoms with E-state index < -0.39 is 0 Å². The lowest BCUT2D eigenvalue weighted by molar-refractivity contribution is -0.116. The Morgan fingerprint density at radius 3 is 3.00 bits per heavy atom. The monoisotopic (exact) mass is 306 g/mol. The second-order valence-electron chi connectivity index (χ2n) is 6.10. The van der Waals surface area contributed by atoms with Crippen LogP contribution in [-0.4, -0.2) is 29.0 Å². The molecule has 1 aliphatic heterocycles. The highest BCUT2D eigenvalue weighted by atomic mass is 16.1. The standard InChI is InChI=1S/C18H18N4O/c1-11-6-7-14-15(8-11)21-18(20-14)13-9-22(10-17(19)23)16-5-3-2-4-12(13)16/h2-8,13H,9-10H2,1H3,(H2,19,23)(H,20,21). The minimum absolute atomic E-state index is 0.123. The van der Waals surface area contributed by atoms with Gasteiger partial charge in [0.15, 0.2) is 0 Å². The number of aryl methyl sites for hydroxylation is 1. The number of hydrogen-bond donors (Lipinski definition) is 2. The van der Waals surface area contributed by atoms with E-state index in [2.05, 4.69) is 30.1 Å². The topological polar surface area (TPSA) is 75.0 Å². The first-order valence-corrected chi connectivity index (χ1v) is 7.70. The Morgan fingerprint density at radius 2 is 2.17 bits per heavy atom. The Kier molecular flexibility index (Phi) is 3.08. The maximum atomic E-state index is 11.3. The van der Waals surface area contributed by atoms with Crippen molar-refractivity contribution in [2.45, 2.75) is 12.8 Å². The minimum atomic E-state index is -0.319. The molecule has 116 valence electrons. The quantitative estimate of drug-likeness (QED) is 0.779. The van der Waals surface area contributed by atoms with Crippen molar-refractivity contribution in [1.82, 2.24) is 9.97 Å². The van der Waals surface area contributed by atoms with Gasteiger partial charge in [-0.2, -0.15) is 0 Å². The lowest BCUT2D eigenvalue weighted by Crippen LogP contribution is -2.33. The van der Waals surface area contributed by atoms with Crippen molar-refractivity contribution in [1.29, 1.82) is 0 Å². The van der Waals surface area contributed by atoms with Crippen LogP contribution >= 0.6 is 0 Å². The molecule has 0 saturated carbocycles. The number of para-hydroxylation sites is 1. The maximum Gasteiger partial charge on any atom is 0.236 e. The van der Waals surface area contributed by atoms with Gasteiger partial charge in [0, 0.05) is 12.2 Å². The number of nitrogens with zero attached hydrogens (tertiary/aromatic N) is 2. The van der Waals surface area contributed by atoms with Crippen molar-refractivity contribution >= 4 is 22.6 Å². The Hall–Kier alpha value is -2.82. The maximum absolute atomic E-state index is 11.3. The number of benzene rings is 2. The van der Waals surface area contributed by atoms with Crippen molar-refractivity contribution in [2.24, 2.45) is 5.73 Å². The number of hydrogen-bond acceptors (Lipinski definition) is 3. The third-order valence-corrected chi connectivity index (χ3v) is 4.39. The molecule has 0 spiro atoms. The number of imidazole rings is 1. The molecule has 5 nitrogen and oxygen atoms in total. The number of amides is 1. The minimum Gasteiger partial charge on any atom is -0.368 e. The summed E-state index contributed by atoms with van der Waals surface area (Å²) in [6, 6.07) is 14.3. The number of carbonyl (C=O) groups is 1. The fourth-order valence-corrected chi connectivity index (χ4v) is 3.37. The molecule has 0 saturated heterocycles. The number of anilines is 1. The van der Waals surface area contributed by atoms with Crippen LogP contribution in [0.3, 0.4) is 0 Å². The number of fused-ring (bicyclic) bond motifs is 2. The molecule has 3 N–H and O–H groups in total. The molecule has 1 unspecified atom stereocenters. The molecule has 1 amide bonds. The molecule has 2 aromatic carbocycles. The molecule has 23 heavy (non-hydrogen) atoms. The second-order valence-corrected chi connectivity index (χ2v) is 6.10. The third-order valence-electron chi connectivity index (χ3n) is 4.39. The smallest absolute Gasteiger partial charge is 0.236 e. The van der Waals surface area contributed by atoms with Crippen LogP contribution in [0.1, 0.15) is 22.9 Å². The van der Waals surface area contributed by atoms with Crippen LogP contribution < -0.4 is 10.6 Å². The predicted octanol–water partition coefficient (Wildman–Crippen LogP) is 2.31. The van der Waals surface area contributed by atoms with Gasteiger partial charge in [0.05, 0.1) is 23.5 Å². The molecule has 5 heteroatoms. The lowest BCUT2D eigenvalue weighted by atomic mass is 10.0. The number of nitrogens with one attached hydrogen (secondary N) is 1. The van der Waals surface area contributed by atoms with E-state index in [9.17, 15) is 4.79 Å². The summed E-state index contributed by atoms with van der Waals surface area (Å²) in [5.41, 5.74) is 10.9. The van der Waals surface area contributed by atoms with Gasteiger partial charge < -0.3 is 15.6 Å². The van der Waals surface area contributed by atoms with Gasteiger partial charge in [-0.25, -0.2) is 4.98 Å². The van der Waals surface area contributed by atoms with Crippen LogP contribution in [0.15, 0.2) is 42.5 Å². The summed E-state index contributed by atoms with van der Waals surface area (Å²) < 4.78 is 0. The van der Waals surface area contributed by atoms with Crippen LogP contribution in [0.2, 0.25) is 0 Å². The van der Waals surface area contributed by atoms with Gasteiger partial charge in [-0.1, -0.05) is 24.3 Å². The van der Waals surface area contributed by atoms with Gasteiger partial charge >= 0.3 is 0 Å². The van der Waals surface area contributed by atoms with Crippen LogP contribution in [0.5, 0.6) is 0 Å². The number of nitrogens with two attached hydrogens (primary N) is 1. The average Bonchev–Trinajstić information content (AvgIpc) is 3.08. The molecule has 2 heterocycles. The summed E-state index contributed by atoms with van der Waals surface area (Å²) in [7, 11) is 0. The Labute approximate surface area is 134 Å². The summed E-state index contributed by atoms with van der Waals surface area (Å²) in [5.74, 6) is 0.740. The van der Waals surface area contributed by atoms with E-state index in [0.29, 0.717) is 6.54 Å². The van der Waals surface area contributed by atoms with Gasteiger partial charge in [-0.15, -0.1) is 0 Å². The molecule has 4 rings (SSSR count). The highest BCUT2D eigenvalue weighted by Gasteiger charge is 2.32. The average molecular weight is 306 g/mol. The van der Waals surface area contributed by atoms with Crippen molar-refractivity contribution in [2.75, 3.05) is 18.0 Å². The van der Waals surface area contributed by atoms with E-state index in [1.165, 1.54) is 11.1 Å². The zero-order valence-corrected chi connectivity index (χ0v) is 12.9. The van der Waals surface area contributed by atoms with Crippen molar-refractivity contribution in [3.8, 4) is 0 Å². The first kappa shape index (κ1) is 13.8. The summed E-state index contributed by atoms with van der Waals surface area (Å²) in [6.07, 6.45) is 0. The SMILES string of the molecule is Cc1ccc2nc(C3CN(CC(N)=O)c4ccccc43)[nH]c2c1. The summed E-state index contributed by atoms with van der Waals surface area (Å²) in [5, 5.41) is 0. The van der Waals surface area contributed by atoms with E-state index in [-0.39, 0.29) is 18.4 Å². The van der Waals surface area contributed by atoms with Gasteiger partial charge in [-0.05, 0) is 36.2 Å². The zero-order chi connectivity index (χ0) is 16.0. The number of primary amides is 1. The molecule has 3 aromatic rings. The van der Waals surface area contributed by atoms with Crippen molar-refractivity contribution in [3.63, 3.8) is 0 Å². The number of aromatic nitrogens is 2. The van der Waals surface area contributed by atoms with Crippen LogP contribution in [0, 0.1) is 6.92 Å². The Balaban J connectivity index is 1.77. The summed E-state index contributed by atoms with van der Waals surface area (Å²) >= 11 is 0. The molecular formula is C18H18N4O. The molecule has 1 aromatic heterocycles. The van der Waals surface area contributed by atoms with Gasteiger partial charge in [-0.3, -0.25) is 4.79 Å². The van der Waals surface area contributed by atoms with E-state index in [4.69, 9.17) is 10.7 Å². The summed E-state index contributed by atoms with van der Waals surface area (Å²) in [6.45, 7) is 3.01. The fraction of sp³-hybridized carbons (Fsp3) is 0.222. The van der Waals surface area contributed by atoms with E-state index in [1.54, 1.807) is 0 Å². The van der Waals surface area contributed by atoms with Gasteiger partial charge in [0.1, 0.15) is 5.82 Å².